The fraction of sp³-hybridized carbons (Fsp3) is 0.368. The smallest absolute Gasteiger partial charge is 0.158 e. The Morgan fingerprint density at radius 2 is 2.23 bits per heavy atom. The molecule has 26 heavy (non-hydrogen) atoms. The third-order valence-corrected chi connectivity index (χ3v) is 4.93. The van der Waals surface area contributed by atoms with E-state index in [0.29, 0.717) is 6.54 Å². The molecule has 3 aromatic rings. The van der Waals surface area contributed by atoms with E-state index in [4.69, 9.17) is 5.73 Å². The molecular formula is C19H24N6O. The molecule has 3 heterocycles. The van der Waals surface area contributed by atoms with Crippen LogP contribution in [-0.4, -0.2) is 49.8 Å². The van der Waals surface area contributed by atoms with E-state index in [1.54, 1.807) is 6.33 Å². The zero-order valence-corrected chi connectivity index (χ0v) is 14.8. The Hall–Kier alpha value is -2.48. The Morgan fingerprint density at radius 3 is 3.04 bits per heavy atom. The summed E-state index contributed by atoms with van der Waals surface area (Å²) in [6.45, 7) is 4.27. The number of benzene rings is 1. The van der Waals surface area contributed by atoms with Gasteiger partial charge in [0.15, 0.2) is 5.82 Å². The van der Waals surface area contributed by atoms with Gasteiger partial charge in [-0.05, 0) is 42.7 Å². The molecule has 0 saturated carbocycles. The minimum absolute atomic E-state index is 0.126. The largest absolute Gasteiger partial charge is 0.390 e. The molecule has 0 bridgehead atoms. The number of nitrogens with one attached hydrogen (secondary N) is 1. The molecule has 7 nitrogen and oxygen atoms in total. The first-order valence-corrected chi connectivity index (χ1v) is 8.91. The molecular weight excluding hydrogens is 328 g/mol. The topological polar surface area (TPSA) is 91.7 Å². The summed E-state index contributed by atoms with van der Waals surface area (Å²) in [5, 5.41) is 17.8. The average molecular weight is 352 g/mol. The van der Waals surface area contributed by atoms with E-state index < -0.39 is 6.10 Å². The number of anilines is 2. The standard InChI is InChI=1S/C19H24N6O/c1-13-3-2-4-15(9-13)23-19-18-14(5-8-25(18)22-12-21-19)10-24-7-6-16(20)17(26)11-24/h2-5,8-9,12,16-17,26H,6-7,10-11,20H2,1H3,(H,21,22,23)/t16-,17+/m0/s1. The predicted molar refractivity (Wildman–Crippen MR) is 101 cm³/mol. The van der Waals surface area contributed by atoms with Crippen LogP contribution in [0.3, 0.4) is 0 Å². The average Bonchev–Trinajstić information content (AvgIpc) is 3.02. The summed E-state index contributed by atoms with van der Waals surface area (Å²) in [5.41, 5.74) is 10.2. The summed E-state index contributed by atoms with van der Waals surface area (Å²) in [7, 11) is 0. The molecule has 1 saturated heterocycles. The first-order chi connectivity index (χ1) is 12.6. The lowest BCUT2D eigenvalue weighted by Crippen LogP contribution is -2.50. The van der Waals surface area contributed by atoms with Crippen molar-refractivity contribution in [3.63, 3.8) is 0 Å². The van der Waals surface area contributed by atoms with Gasteiger partial charge in [-0.2, -0.15) is 5.10 Å². The summed E-state index contributed by atoms with van der Waals surface area (Å²) in [6.07, 6.45) is 3.83. The molecule has 0 amide bonds. The molecule has 1 aliphatic rings. The van der Waals surface area contributed by atoms with Crippen LogP contribution in [0.4, 0.5) is 11.5 Å². The maximum Gasteiger partial charge on any atom is 0.158 e. The molecule has 1 fully saturated rings. The lowest BCUT2D eigenvalue weighted by atomic mass is 10.0. The number of fused-ring (bicyclic) bond motifs is 1. The third kappa shape index (κ3) is 3.41. The van der Waals surface area contributed by atoms with Crippen molar-refractivity contribution in [1.29, 1.82) is 0 Å². The second kappa shape index (κ2) is 7.03. The Kier molecular flexibility index (Phi) is 4.58. The van der Waals surface area contributed by atoms with Gasteiger partial charge in [0.1, 0.15) is 11.8 Å². The lowest BCUT2D eigenvalue weighted by molar-refractivity contribution is 0.0501. The van der Waals surface area contributed by atoms with E-state index in [2.05, 4.69) is 45.4 Å². The normalized spacial score (nSPS) is 21.2. The molecule has 4 rings (SSSR count). The van der Waals surface area contributed by atoms with Crippen LogP contribution in [-0.2, 0) is 6.54 Å². The fourth-order valence-electron chi connectivity index (χ4n) is 3.50. The summed E-state index contributed by atoms with van der Waals surface area (Å²) >= 11 is 0. The van der Waals surface area contributed by atoms with Gasteiger partial charge in [0.05, 0.1) is 6.10 Å². The third-order valence-electron chi connectivity index (χ3n) is 4.93. The number of nitrogens with two attached hydrogens (primary N) is 1. The fourth-order valence-corrected chi connectivity index (χ4v) is 3.50. The molecule has 0 aliphatic carbocycles. The number of hydrogen-bond donors (Lipinski definition) is 3. The van der Waals surface area contributed by atoms with Gasteiger partial charge in [0.25, 0.3) is 0 Å². The molecule has 7 heteroatoms. The van der Waals surface area contributed by atoms with Crippen molar-refractivity contribution in [2.24, 2.45) is 5.73 Å². The van der Waals surface area contributed by atoms with Crippen molar-refractivity contribution < 1.29 is 5.11 Å². The van der Waals surface area contributed by atoms with Crippen molar-refractivity contribution >= 4 is 17.0 Å². The first kappa shape index (κ1) is 17.0. The molecule has 0 radical (unpaired) electrons. The molecule has 2 atom stereocenters. The minimum atomic E-state index is -0.473. The van der Waals surface area contributed by atoms with Crippen LogP contribution < -0.4 is 11.1 Å². The summed E-state index contributed by atoms with van der Waals surface area (Å²) in [4.78, 5) is 6.68. The quantitative estimate of drug-likeness (QED) is 0.662. The number of aliphatic hydroxyl groups excluding tert-OH is 1. The number of aryl methyl sites for hydroxylation is 1. The Bertz CT molecular complexity index is 908. The van der Waals surface area contributed by atoms with Gasteiger partial charge >= 0.3 is 0 Å². The van der Waals surface area contributed by atoms with E-state index in [9.17, 15) is 5.11 Å². The van der Waals surface area contributed by atoms with Crippen LogP contribution in [0, 0.1) is 6.92 Å². The summed E-state index contributed by atoms with van der Waals surface area (Å²) in [5.74, 6) is 0.778. The van der Waals surface area contributed by atoms with Crippen LogP contribution in [0.5, 0.6) is 0 Å². The van der Waals surface area contributed by atoms with E-state index in [1.165, 1.54) is 5.56 Å². The highest BCUT2D eigenvalue weighted by Gasteiger charge is 2.25. The number of rotatable bonds is 4. The maximum absolute atomic E-state index is 10.1. The van der Waals surface area contributed by atoms with Crippen molar-refractivity contribution in [3.8, 4) is 0 Å². The van der Waals surface area contributed by atoms with Gasteiger partial charge in [-0.25, -0.2) is 9.50 Å². The number of piperidine rings is 1. The number of nitrogens with zero attached hydrogens (tertiary/aromatic N) is 4. The van der Waals surface area contributed by atoms with Gasteiger partial charge in [0.2, 0.25) is 0 Å². The zero-order chi connectivity index (χ0) is 18.1. The molecule has 0 spiro atoms. The summed E-state index contributed by atoms with van der Waals surface area (Å²) in [6, 6.07) is 10.1. The second-order valence-electron chi connectivity index (χ2n) is 6.99. The van der Waals surface area contributed by atoms with E-state index >= 15 is 0 Å². The van der Waals surface area contributed by atoms with E-state index in [1.807, 2.05) is 22.8 Å². The van der Waals surface area contributed by atoms with Gasteiger partial charge < -0.3 is 16.2 Å². The molecule has 0 unspecified atom stereocenters. The predicted octanol–water partition coefficient (Wildman–Crippen LogP) is 1.68. The molecule has 4 N–H and O–H groups in total. The summed E-state index contributed by atoms with van der Waals surface area (Å²) < 4.78 is 1.84. The number of β-amino-alcohol motifs (C(OH)–C–C–N with tert-alkyl or cyclic N) is 1. The Morgan fingerprint density at radius 1 is 1.35 bits per heavy atom. The van der Waals surface area contributed by atoms with Gasteiger partial charge in [0, 0.05) is 37.6 Å². The van der Waals surface area contributed by atoms with Crippen LogP contribution in [0.15, 0.2) is 42.9 Å². The van der Waals surface area contributed by atoms with Crippen molar-refractivity contribution in [1.82, 2.24) is 19.5 Å². The Labute approximate surface area is 152 Å². The van der Waals surface area contributed by atoms with Crippen LogP contribution >= 0.6 is 0 Å². The highest BCUT2D eigenvalue weighted by atomic mass is 16.3. The van der Waals surface area contributed by atoms with Crippen molar-refractivity contribution in [2.45, 2.75) is 32.0 Å². The SMILES string of the molecule is Cc1cccc(Nc2ncnn3ccc(CN4CC[C@H](N)[C@H](O)C4)c23)c1. The first-order valence-electron chi connectivity index (χ1n) is 8.91. The minimum Gasteiger partial charge on any atom is -0.390 e. The molecule has 1 aromatic carbocycles. The van der Waals surface area contributed by atoms with Crippen LogP contribution in [0.1, 0.15) is 17.5 Å². The number of aliphatic hydroxyl groups is 1. The van der Waals surface area contributed by atoms with E-state index in [0.717, 1.165) is 42.1 Å². The Balaban J connectivity index is 1.62. The van der Waals surface area contributed by atoms with Crippen LogP contribution in [0.25, 0.3) is 5.52 Å². The number of aromatic nitrogens is 3. The highest BCUT2D eigenvalue weighted by molar-refractivity contribution is 5.76. The van der Waals surface area contributed by atoms with E-state index in [-0.39, 0.29) is 6.04 Å². The van der Waals surface area contributed by atoms with Gasteiger partial charge in [-0.15, -0.1) is 0 Å². The number of likely N-dealkylation sites (tertiary alicyclic amines) is 1. The van der Waals surface area contributed by atoms with Crippen molar-refractivity contribution in [2.75, 3.05) is 18.4 Å². The lowest BCUT2D eigenvalue weighted by Gasteiger charge is -2.33. The maximum atomic E-state index is 10.1. The van der Waals surface area contributed by atoms with Crippen LogP contribution in [0.2, 0.25) is 0 Å². The molecule has 2 aromatic heterocycles. The van der Waals surface area contributed by atoms with Crippen molar-refractivity contribution in [3.05, 3.63) is 54.0 Å². The second-order valence-corrected chi connectivity index (χ2v) is 6.99. The van der Waals surface area contributed by atoms with Gasteiger partial charge in [-0.1, -0.05) is 12.1 Å². The molecule has 1 aliphatic heterocycles. The monoisotopic (exact) mass is 352 g/mol. The number of hydrogen-bond acceptors (Lipinski definition) is 6. The molecule has 136 valence electrons. The zero-order valence-electron chi connectivity index (χ0n) is 14.8. The van der Waals surface area contributed by atoms with Gasteiger partial charge in [-0.3, -0.25) is 4.90 Å². The highest BCUT2D eigenvalue weighted by Crippen LogP contribution is 2.25.